The van der Waals surface area contributed by atoms with Crippen molar-refractivity contribution in [2.24, 2.45) is 0 Å². The predicted molar refractivity (Wildman–Crippen MR) is 92.6 cm³/mol. The molecule has 0 aliphatic carbocycles. The number of unbranched alkanes of at least 4 members (excludes halogenated alkanes) is 3. The van der Waals surface area contributed by atoms with Crippen LogP contribution < -0.4 is 4.74 Å². The number of rotatable bonds is 8. The molecule has 0 atom stereocenters. The first-order valence-corrected chi connectivity index (χ1v) is 8.34. The Bertz CT molecular complexity index is 739. The van der Waals surface area contributed by atoms with Gasteiger partial charge in [0.05, 0.1) is 6.61 Å². The highest BCUT2D eigenvalue weighted by molar-refractivity contribution is 5.58. The molecule has 2 aromatic heterocycles. The Morgan fingerprint density at radius 2 is 1.50 bits per heavy atom. The van der Waals surface area contributed by atoms with Crippen LogP contribution >= 0.6 is 0 Å². The predicted octanol–water partition coefficient (Wildman–Crippen LogP) is 4.76. The van der Waals surface area contributed by atoms with Gasteiger partial charge in [0.25, 0.3) is 0 Å². The van der Waals surface area contributed by atoms with E-state index in [1.807, 2.05) is 36.4 Å². The van der Waals surface area contributed by atoms with Gasteiger partial charge in [-0.15, -0.1) is 10.2 Å². The molecule has 0 aliphatic heterocycles. The van der Waals surface area contributed by atoms with Gasteiger partial charge in [0.1, 0.15) is 5.75 Å². The fourth-order valence-corrected chi connectivity index (χ4v) is 2.36. The molecule has 0 unspecified atom stereocenters. The lowest BCUT2D eigenvalue weighted by Crippen LogP contribution is -1.96. The highest BCUT2D eigenvalue weighted by atomic mass is 16.5. The third kappa shape index (κ3) is 4.19. The molecular weight excluding hydrogens is 302 g/mol. The van der Waals surface area contributed by atoms with Gasteiger partial charge in [-0.05, 0) is 42.8 Å². The first-order chi connectivity index (χ1) is 11.9. The van der Waals surface area contributed by atoms with E-state index in [0.717, 1.165) is 29.9 Å². The fraction of sp³-hybridized carbons (Fsp3) is 0.316. The molecule has 5 nitrogen and oxygen atoms in total. The summed E-state index contributed by atoms with van der Waals surface area (Å²) in [5.74, 6) is 1.85. The Morgan fingerprint density at radius 3 is 2.17 bits per heavy atom. The lowest BCUT2D eigenvalue weighted by atomic mass is 10.2. The topological polar surface area (TPSA) is 61.0 Å². The Kier molecular flexibility index (Phi) is 5.56. The van der Waals surface area contributed by atoms with Crippen molar-refractivity contribution in [3.8, 4) is 28.7 Å². The van der Waals surface area contributed by atoms with Crippen molar-refractivity contribution < 1.29 is 9.15 Å². The molecule has 0 bridgehead atoms. The smallest absolute Gasteiger partial charge is 0.248 e. The largest absolute Gasteiger partial charge is 0.494 e. The molecular formula is C19H21N3O2. The van der Waals surface area contributed by atoms with Crippen molar-refractivity contribution in [2.45, 2.75) is 32.6 Å². The van der Waals surface area contributed by atoms with Gasteiger partial charge in [-0.25, -0.2) is 0 Å². The molecule has 0 amide bonds. The summed E-state index contributed by atoms with van der Waals surface area (Å²) in [5, 5.41) is 8.20. The fourth-order valence-electron chi connectivity index (χ4n) is 2.36. The average Bonchev–Trinajstić information content (AvgIpc) is 3.13. The molecule has 24 heavy (non-hydrogen) atoms. The summed E-state index contributed by atoms with van der Waals surface area (Å²) in [6.07, 6.45) is 8.21. The van der Waals surface area contributed by atoms with E-state index in [-0.39, 0.29) is 0 Å². The van der Waals surface area contributed by atoms with Crippen LogP contribution in [0.15, 0.2) is 53.2 Å². The zero-order chi connectivity index (χ0) is 16.6. The van der Waals surface area contributed by atoms with E-state index < -0.39 is 0 Å². The van der Waals surface area contributed by atoms with Crippen LogP contribution in [0.5, 0.6) is 5.75 Å². The van der Waals surface area contributed by atoms with Crippen LogP contribution in [0.2, 0.25) is 0 Å². The maximum Gasteiger partial charge on any atom is 0.248 e. The van der Waals surface area contributed by atoms with Crippen LogP contribution in [0.4, 0.5) is 0 Å². The first-order valence-electron chi connectivity index (χ1n) is 8.34. The van der Waals surface area contributed by atoms with Gasteiger partial charge < -0.3 is 9.15 Å². The van der Waals surface area contributed by atoms with Gasteiger partial charge in [0.15, 0.2) is 0 Å². The van der Waals surface area contributed by atoms with Crippen LogP contribution in [-0.2, 0) is 0 Å². The molecule has 0 aliphatic rings. The van der Waals surface area contributed by atoms with Crippen molar-refractivity contribution >= 4 is 0 Å². The lowest BCUT2D eigenvalue weighted by molar-refractivity contribution is 0.305. The summed E-state index contributed by atoms with van der Waals surface area (Å²) < 4.78 is 11.5. The van der Waals surface area contributed by atoms with Crippen LogP contribution in [0.3, 0.4) is 0 Å². The monoisotopic (exact) mass is 323 g/mol. The number of pyridine rings is 1. The summed E-state index contributed by atoms with van der Waals surface area (Å²) in [6.45, 7) is 2.96. The molecule has 124 valence electrons. The van der Waals surface area contributed by atoms with Gasteiger partial charge in [0, 0.05) is 23.5 Å². The normalized spacial score (nSPS) is 10.7. The Hall–Kier alpha value is -2.69. The van der Waals surface area contributed by atoms with Crippen LogP contribution in [0.1, 0.15) is 32.6 Å². The minimum absolute atomic E-state index is 0.489. The van der Waals surface area contributed by atoms with Gasteiger partial charge in [0.2, 0.25) is 11.8 Å². The molecule has 0 radical (unpaired) electrons. The van der Waals surface area contributed by atoms with E-state index in [0.29, 0.717) is 11.8 Å². The van der Waals surface area contributed by atoms with Gasteiger partial charge in [-0.2, -0.15) is 0 Å². The van der Waals surface area contributed by atoms with Gasteiger partial charge >= 0.3 is 0 Å². The van der Waals surface area contributed by atoms with E-state index in [9.17, 15) is 0 Å². The molecule has 2 heterocycles. The van der Waals surface area contributed by atoms with Crippen molar-refractivity contribution in [1.82, 2.24) is 15.2 Å². The second-order valence-electron chi connectivity index (χ2n) is 5.58. The third-order valence-electron chi connectivity index (χ3n) is 3.72. The van der Waals surface area contributed by atoms with Gasteiger partial charge in [-0.1, -0.05) is 26.2 Å². The number of ether oxygens (including phenoxy) is 1. The summed E-state index contributed by atoms with van der Waals surface area (Å²) >= 11 is 0. The Balaban J connectivity index is 1.61. The first kappa shape index (κ1) is 16.2. The average molecular weight is 323 g/mol. The van der Waals surface area contributed by atoms with Crippen LogP contribution in [-0.4, -0.2) is 21.8 Å². The quantitative estimate of drug-likeness (QED) is 0.559. The molecule has 0 saturated carbocycles. The minimum Gasteiger partial charge on any atom is -0.494 e. The van der Waals surface area contributed by atoms with E-state index in [1.165, 1.54) is 19.3 Å². The summed E-state index contributed by atoms with van der Waals surface area (Å²) in [7, 11) is 0. The standard InChI is InChI=1S/C19H21N3O2/c1-2-3-4-5-14-23-17-8-6-15(7-9-17)18-21-22-19(24-18)16-10-12-20-13-11-16/h6-13H,2-5,14H2,1H3. The molecule has 3 aromatic rings. The Morgan fingerprint density at radius 1 is 0.833 bits per heavy atom. The van der Waals surface area contributed by atoms with Crippen molar-refractivity contribution in [3.05, 3.63) is 48.8 Å². The number of hydrogen-bond donors (Lipinski definition) is 0. The van der Waals surface area contributed by atoms with E-state index >= 15 is 0 Å². The summed E-state index contributed by atoms with van der Waals surface area (Å²) in [6, 6.07) is 11.4. The molecule has 0 spiro atoms. The van der Waals surface area contributed by atoms with Crippen LogP contribution in [0, 0.1) is 0 Å². The Labute approximate surface area is 141 Å². The number of aromatic nitrogens is 3. The lowest BCUT2D eigenvalue weighted by Gasteiger charge is -2.06. The van der Waals surface area contributed by atoms with E-state index in [4.69, 9.17) is 9.15 Å². The second-order valence-corrected chi connectivity index (χ2v) is 5.58. The summed E-state index contributed by atoms with van der Waals surface area (Å²) in [4.78, 5) is 3.98. The highest BCUT2D eigenvalue weighted by Gasteiger charge is 2.10. The zero-order valence-electron chi connectivity index (χ0n) is 13.8. The maximum atomic E-state index is 5.74. The maximum absolute atomic E-state index is 5.74. The molecule has 0 saturated heterocycles. The highest BCUT2D eigenvalue weighted by Crippen LogP contribution is 2.25. The molecule has 3 rings (SSSR count). The van der Waals surface area contributed by atoms with Crippen molar-refractivity contribution in [2.75, 3.05) is 6.61 Å². The number of hydrogen-bond acceptors (Lipinski definition) is 5. The van der Waals surface area contributed by atoms with Crippen LogP contribution in [0.25, 0.3) is 22.9 Å². The zero-order valence-corrected chi connectivity index (χ0v) is 13.8. The second kappa shape index (κ2) is 8.24. The molecule has 5 heteroatoms. The minimum atomic E-state index is 0.489. The molecule has 0 fully saturated rings. The molecule has 0 N–H and O–H groups in total. The van der Waals surface area contributed by atoms with Crippen molar-refractivity contribution in [3.63, 3.8) is 0 Å². The van der Waals surface area contributed by atoms with Gasteiger partial charge in [-0.3, -0.25) is 4.98 Å². The third-order valence-corrected chi connectivity index (χ3v) is 3.72. The SMILES string of the molecule is CCCCCCOc1ccc(-c2nnc(-c3ccncc3)o2)cc1. The summed E-state index contributed by atoms with van der Waals surface area (Å²) in [5.41, 5.74) is 1.73. The van der Waals surface area contributed by atoms with E-state index in [2.05, 4.69) is 22.1 Å². The van der Waals surface area contributed by atoms with E-state index in [1.54, 1.807) is 12.4 Å². The number of benzene rings is 1. The van der Waals surface area contributed by atoms with Crippen molar-refractivity contribution in [1.29, 1.82) is 0 Å². The molecule has 1 aromatic carbocycles. The number of nitrogens with zero attached hydrogens (tertiary/aromatic N) is 3.